The minimum absolute atomic E-state index is 0.125. The van der Waals surface area contributed by atoms with Crippen molar-refractivity contribution in [3.05, 3.63) is 30.1 Å². The number of alkyl carbamates (subject to hydrolysis) is 1. The number of rotatable bonds is 5. The molecule has 0 aliphatic carbocycles. The minimum atomic E-state index is -1.34. The van der Waals surface area contributed by atoms with Crippen LogP contribution in [0.1, 0.15) is 39.5 Å². The third-order valence-electron chi connectivity index (χ3n) is 2.52. The van der Waals surface area contributed by atoms with Crippen LogP contribution in [-0.2, 0) is 14.3 Å². The van der Waals surface area contributed by atoms with E-state index in [9.17, 15) is 14.7 Å². The lowest BCUT2D eigenvalue weighted by Crippen LogP contribution is -2.47. The molecule has 0 saturated carbocycles. The Morgan fingerprint density at radius 3 is 2.55 bits per heavy atom. The number of amides is 1. The highest BCUT2D eigenvalue weighted by Crippen LogP contribution is 2.16. The Hall–Kier alpha value is -2.15. The van der Waals surface area contributed by atoms with E-state index in [2.05, 4.69) is 10.3 Å². The summed E-state index contributed by atoms with van der Waals surface area (Å²) in [7, 11) is 0. The number of nitrogens with one attached hydrogen (secondary N) is 1. The maximum absolute atomic E-state index is 12.0. The summed E-state index contributed by atoms with van der Waals surface area (Å²) < 4.78 is 9.97. The van der Waals surface area contributed by atoms with Crippen molar-refractivity contribution in [1.82, 2.24) is 10.3 Å². The van der Waals surface area contributed by atoms with Crippen molar-refractivity contribution < 1.29 is 24.2 Å². The lowest BCUT2D eigenvalue weighted by atomic mass is 10.1. The molecule has 0 radical (unpaired) electrons. The van der Waals surface area contributed by atoms with Gasteiger partial charge in [-0.1, -0.05) is 6.07 Å². The summed E-state index contributed by atoms with van der Waals surface area (Å²) in [6, 6.07) is 3.59. The Morgan fingerprint density at radius 2 is 2.05 bits per heavy atom. The third-order valence-corrected chi connectivity index (χ3v) is 2.52. The molecule has 0 aliphatic rings. The molecule has 2 N–H and O–H groups in total. The van der Waals surface area contributed by atoms with Crippen molar-refractivity contribution in [2.75, 3.05) is 6.61 Å². The Bertz CT molecular complexity index is 498. The van der Waals surface area contributed by atoms with Crippen molar-refractivity contribution >= 4 is 12.1 Å². The van der Waals surface area contributed by atoms with Crippen LogP contribution < -0.4 is 5.32 Å². The molecule has 2 atom stereocenters. The molecule has 0 aromatic carbocycles. The maximum Gasteiger partial charge on any atom is 0.408 e. The average Bonchev–Trinajstić information content (AvgIpc) is 2.43. The monoisotopic (exact) mass is 310 g/mol. The highest BCUT2D eigenvalue weighted by molar-refractivity contribution is 5.82. The normalized spacial score (nSPS) is 13.9. The van der Waals surface area contributed by atoms with E-state index in [1.807, 2.05) is 0 Å². The summed E-state index contributed by atoms with van der Waals surface area (Å²) >= 11 is 0. The summed E-state index contributed by atoms with van der Waals surface area (Å²) in [5.74, 6) is -0.758. The highest BCUT2D eigenvalue weighted by atomic mass is 16.6. The fourth-order valence-corrected chi connectivity index (χ4v) is 1.66. The number of ether oxygens (including phenoxy) is 2. The molecule has 122 valence electrons. The van der Waals surface area contributed by atoms with Crippen LogP contribution in [0.15, 0.2) is 24.4 Å². The van der Waals surface area contributed by atoms with Crippen molar-refractivity contribution in [2.24, 2.45) is 0 Å². The fourth-order valence-electron chi connectivity index (χ4n) is 1.66. The first-order valence-electron chi connectivity index (χ1n) is 6.99. The van der Waals surface area contributed by atoms with Gasteiger partial charge in [-0.3, -0.25) is 4.98 Å². The summed E-state index contributed by atoms with van der Waals surface area (Å²) in [5, 5.41) is 12.6. The molecule has 22 heavy (non-hydrogen) atoms. The van der Waals surface area contributed by atoms with Gasteiger partial charge in [0, 0.05) is 6.20 Å². The molecule has 7 nitrogen and oxygen atoms in total. The molecule has 0 aliphatic heterocycles. The van der Waals surface area contributed by atoms with Gasteiger partial charge < -0.3 is 19.9 Å². The number of aliphatic hydroxyl groups excluding tert-OH is 1. The van der Waals surface area contributed by atoms with E-state index in [0.29, 0.717) is 0 Å². The predicted molar refractivity (Wildman–Crippen MR) is 79.0 cm³/mol. The summed E-state index contributed by atoms with van der Waals surface area (Å²) in [4.78, 5) is 27.8. The lowest BCUT2D eigenvalue weighted by Gasteiger charge is -2.25. The fraction of sp³-hybridized carbons (Fsp3) is 0.533. The number of carbonyl (C=O) groups excluding carboxylic acids is 2. The van der Waals surface area contributed by atoms with Crippen LogP contribution in [0, 0.1) is 0 Å². The van der Waals surface area contributed by atoms with Gasteiger partial charge in [-0.05, 0) is 39.8 Å². The second kappa shape index (κ2) is 7.74. The van der Waals surface area contributed by atoms with E-state index in [1.54, 1.807) is 45.9 Å². The molecule has 1 aromatic heterocycles. The zero-order valence-corrected chi connectivity index (χ0v) is 13.2. The first kappa shape index (κ1) is 17.9. The number of hydrogen-bond donors (Lipinski definition) is 2. The number of carbonyl (C=O) groups is 2. The van der Waals surface area contributed by atoms with Gasteiger partial charge in [0.25, 0.3) is 0 Å². The zero-order chi connectivity index (χ0) is 16.8. The zero-order valence-electron chi connectivity index (χ0n) is 13.2. The lowest BCUT2D eigenvalue weighted by molar-refractivity contribution is -0.149. The second-order valence-electron chi connectivity index (χ2n) is 5.58. The van der Waals surface area contributed by atoms with Crippen molar-refractivity contribution in [1.29, 1.82) is 0 Å². The molecule has 0 bridgehead atoms. The van der Waals surface area contributed by atoms with Gasteiger partial charge in [0.15, 0.2) is 6.04 Å². The topological polar surface area (TPSA) is 97.8 Å². The number of pyridine rings is 1. The van der Waals surface area contributed by atoms with Crippen LogP contribution in [0.3, 0.4) is 0 Å². The Labute approximate surface area is 129 Å². The van der Waals surface area contributed by atoms with Crippen LogP contribution in [0.2, 0.25) is 0 Å². The smallest absolute Gasteiger partial charge is 0.408 e. The van der Waals surface area contributed by atoms with Crippen LogP contribution in [0.4, 0.5) is 4.79 Å². The molecule has 0 spiro atoms. The Kier molecular flexibility index (Phi) is 6.30. The van der Waals surface area contributed by atoms with Crippen molar-refractivity contribution in [3.8, 4) is 0 Å². The SMILES string of the molecule is CCOC(=O)[C@H](NC(=O)OC(C)(C)C)[C@@H](O)c1ccccn1. The molecule has 0 unspecified atom stereocenters. The highest BCUT2D eigenvalue weighted by Gasteiger charge is 2.33. The summed E-state index contributed by atoms with van der Waals surface area (Å²) in [6.45, 7) is 6.85. The summed E-state index contributed by atoms with van der Waals surface area (Å²) in [5.41, 5.74) is -0.476. The molecule has 1 aromatic rings. The Morgan fingerprint density at radius 1 is 1.36 bits per heavy atom. The first-order chi connectivity index (χ1) is 10.2. The quantitative estimate of drug-likeness (QED) is 0.801. The largest absolute Gasteiger partial charge is 0.464 e. The van der Waals surface area contributed by atoms with E-state index in [4.69, 9.17) is 9.47 Å². The minimum Gasteiger partial charge on any atom is -0.464 e. The molecule has 0 fully saturated rings. The van der Waals surface area contributed by atoms with Gasteiger partial charge in [0.2, 0.25) is 0 Å². The molecule has 1 rings (SSSR count). The molecule has 1 amide bonds. The van der Waals surface area contributed by atoms with Gasteiger partial charge in [-0.15, -0.1) is 0 Å². The molecular formula is C15H22N2O5. The number of esters is 1. The van der Waals surface area contributed by atoms with Gasteiger partial charge in [-0.2, -0.15) is 0 Å². The Balaban J connectivity index is 2.89. The van der Waals surface area contributed by atoms with Gasteiger partial charge in [-0.25, -0.2) is 9.59 Å². The van der Waals surface area contributed by atoms with Crippen LogP contribution in [0.5, 0.6) is 0 Å². The molecule has 7 heteroatoms. The first-order valence-corrected chi connectivity index (χ1v) is 6.99. The standard InChI is InChI=1S/C15H22N2O5/c1-5-21-13(19)11(17-14(20)22-15(2,3)4)12(18)10-8-6-7-9-16-10/h6-9,11-12,18H,5H2,1-4H3,(H,17,20)/t11-,12+/m1/s1. The third kappa shape index (κ3) is 5.69. The van der Waals surface area contributed by atoms with E-state index < -0.39 is 29.8 Å². The summed E-state index contributed by atoms with van der Waals surface area (Å²) in [6.07, 6.45) is -0.679. The number of aliphatic hydroxyl groups is 1. The van der Waals surface area contributed by atoms with E-state index in [0.717, 1.165) is 0 Å². The number of nitrogens with zero attached hydrogens (tertiary/aromatic N) is 1. The second-order valence-corrected chi connectivity index (χ2v) is 5.58. The average molecular weight is 310 g/mol. The van der Waals surface area contributed by atoms with Gasteiger partial charge in [0.05, 0.1) is 12.3 Å². The number of aromatic nitrogens is 1. The molecule has 0 saturated heterocycles. The van der Waals surface area contributed by atoms with Crippen molar-refractivity contribution in [3.63, 3.8) is 0 Å². The van der Waals surface area contributed by atoms with Gasteiger partial charge >= 0.3 is 12.1 Å². The van der Waals surface area contributed by atoms with Crippen LogP contribution >= 0.6 is 0 Å². The van der Waals surface area contributed by atoms with Gasteiger partial charge in [0.1, 0.15) is 11.7 Å². The van der Waals surface area contributed by atoms with E-state index in [-0.39, 0.29) is 12.3 Å². The molecular weight excluding hydrogens is 288 g/mol. The van der Waals surface area contributed by atoms with E-state index in [1.165, 1.54) is 6.20 Å². The van der Waals surface area contributed by atoms with Crippen LogP contribution in [0.25, 0.3) is 0 Å². The van der Waals surface area contributed by atoms with Crippen molar-refractivity contribution in [2.45, 2.75) is 45.4 Å². The van der Waals surface area contributed by atoms with E-state index >= 15 is 0 Å². The molecule has 1 heterocycles. The van der Waals surface area contributed by atoms with Crippen LogP contribution in [-0.4, -0.2) is 40.4 Å². The number of hydrogen-bond acceptors (Lipinski definition) is 6. The predicted octanol–water partition coefficient (Wildman–Crippen LogP) is 1.57. The maximum atomic E-state index is 12.0.